The van der Waals surface area contributed by atoms with Gasteiger partial charge in [0.1, 0.15) is 0 Å². The minimum Gasteiger partial charge on any atom is -0.0628 e. The van der Waals surface area contributed by atoms with E-state index in [2.05, 4.69) is 20.8 Å². The molecule has 0 atom stereocenters. The first-order valence-corrected chi connectivity index (χ1v) is 18.6. The highest BCUT2D eigenvalue weighted by atomic mass is 14.0. The van der Waals surface area contributed by atoms with Crippen LogP contribution < -0.4 is 0 Å². The predicted octanol–water partition coefficient (Wildman–Crippen LogP) is 14.7. The summed E-state index contributed by atoms with van der Waals surface area (Å²) in [4.78, 5) is 0. The summed E-state index contributed by atoms with van der Waals surface area (Å²) in [6.07, 6.45) is 49.8. The van der Waals surface area contributed by atoms with E-state index in [1.165, 1.54) is 212 Å². The van der Waals surface area contributed by atoms with E-state index in [0.29, 0.717) is 0 Å². The molecule has 0 aromatic rings. The van der Waals surface area contributed by atoms with Crippen LogP contribution in [0.1, 0.15) is 232 Å². The van der Waals surface area contributed by atoms with E-state index in [1.807, 2.05) is 0 Å². The molecule has 38 heavy (non-hydrogen) atoms. The van der Waals surface area contributed by atoms with Crippen molar-refractivity contribution >= 4 is 0 Å². The standard InChI is InChI=1S/C38H77/c1-4-5-6-7-8-9-10-11-12-13-14-15-16-17-18-19-20-21-22-23-24-25-26-27-28-29-30-31-32-33-34-35-36-37-38(2)3/h38H,1,4-37H2,2-3H3. The first kappa shape index (κ1) is 38.0. The summed E-state index contributed by atoms with van der Waals surface area (Å²) in [7, 11) is 0. The summed E-state index contributed by atoms with van der Waals surface area (Å²) >= 11 is 0. The van der Waals surface area contributed by atoms with Gasteiger partial charge in [-0.2, -0.15) is 0 Å². The lowest BCUT2D eigenvalue weighted by molar-refractivity contribution is 0.500. The van der Waals surface area contributed by atoms with Crippen LogP contribution in [0.15, 0.2) is 0 Å². The van der Waals surface area contributed by atoms with E-state index in [9.17, 15) is 0 Å². The Kier molecular flexibility index (Phi) is 35.0. The molecule has 0 aliphatic heterocycles. The molecule has 1 radical (unpaired) electrons. The Labute approximate surface area is 244 Å². The Morgan fingerprint density at radius 3 is 0.579 bits per heavy atom. The van der Waals surface area contributed by atoms with Gasteiger partial charge >= 0.3 is 0 Å². The fourth-order valence-electron chi connectivity index (χ4n) is 6.03. The first-order chi connectivity index (χ1) is 18.8. The van der Waals surface area contributed by atoms with Gasteiger partial charge in [-0.15, -0.1) is 0 Å². The van der Waals surface area contributed by atoms with Crippen LogP contribution in [0.25, 0.3) is 0 Å². The van der Waals surface area contributed by atoms with Gasteiger partial charge in [0.25, 0.3) is 0 Å². The molecule has 0 spiro atoms. The van der Waals surface area contributed by atoms with E-state index < -0.39 is 0 Å². The Bertz CT molecular complexity index is 383. The maximum atomic E-state index is 3.93. The molecule has 0 saturated carbocycles. The van der Waals surface area contributed by atoms with Gasteiger partial charge in [0.05, 0.1) is 0 Å². The Morgan fingerprint density at radius 2 is 0.421 bits per heavy atom. The second-order valence-electron chi connectivity index (χ2n) is 13.3. The summed E-state index contributed by atoms with van der Waals surface area (Å²) in [5.41, 5.74) is 0. The quantitative estimate of drug-likeness (QED) is 0.0721. The van der Waals surface area contributed by atoms with Crippen LogP contribution in [-0.2, 0) is 0 Å². The SMILES string of the molecule is [CH2]CCCCCCCCCCCCCCCCCCCCCCCCCCCCCCCCCCC(C)C. The second kappa shape index (κ2) is 35.0. The van der Waals surface area contributed by atoms with Crippen molar-refractivity contribution in [1.29, 1.82) is 0 Å². The molecule has 0 heterocycles. The highest BCUT2D eigenvalue weighted by molar-refractivity contribution is 4.53. The first-order valence-electron chi connectivity index (χ1n) is 18.6. The maximum absolute atomic E-state index is 3.93. The molecule has 0 saturated heterocycles. The van der Waals surface area contributed by atoms with E-state index in [-0.39, 0.29) is 0 Å². The summed E-state index contributed by atoms with van der Waals surface area (Å²) in [5, 5.41) is 0. The molecule has 0 aliphatic carbocycles. The van der Waals surface area contributed by atoms with Crippen LogP contribution in [-0.4, -0.2) is 0 Å². The van der Waals surface area contributed by atoms with Crippen molar-refractivity contribution in [2.24, 2.45) is 5.92 Å². The molecule has 0 aliphatic rings. The van der Waals surface area contributed by atoms with Gasteiger partial charge in [-0.25, -0.2) is 0 Å². The van der Waals surface area contributed by atoms with Crippen LogP contribution >= 0.6 is 0 Å². The third-order valence-electron chi connectivity index (χ3n) is 8.78. The van der Waals surface area contributed by atoms with Crippen molar-refractivity contribution in [2.75, 3.05) is 0 Å². The van der Waals surface area contributed by atoms with Gasteiger partial charge in [-0.05, 0) is 5.92 Å². The van der Waals surface area contributed by atoms with Gasteiger partial charge in [0.15, 0.2) is 0 Å². The van der Waals surface area contributed by atoms with Crippen LogP contribution in [0, 0.1) is 12.8 Å². The van der Waals surface area contributed by atoms with Crippen molar-refractivity contribution in [3.8, 4) is 0 Å². The molecule has 0 bridgehead atoms. The molecule has 0 aromatic carbocycles. The normalized spacial score (nSPS) is 11.7. The van der Waals surface area contributed by atoms with Crippen molar-refractivity contribution in [3.63, 3.8) is 0 Å². The van der Waals surface area contributed by atoms with Gasteiger partial charge in [0, 0.05) is 0 Å². The van der Waals surface area contributed by atoms with Gasteiger partial charge in [0.2, 0.25) is 0 Å². The average Bonchev–Trinajstić information content (AvgIpc) is 2.91. The van der Waals surface area contributed by atoms with Crippen molar-refractivity contribution in [2.45, 2.75) is 232 Å². The number of hydrogen-bond acceptors (Lipinski definition) is 0. The highest BCUT2D eigenvalue weighted by Crippen LogP contribution is 2.17. The molecule has 229 valence electrons. The molecule has 0 amide bonds. The summed E-state index contributed by atoms with van der Waals surface area (Å²) in [6.45, 7) is 8.63. The van der Waals surface area contributed by atoms with Crippen molar-refractivity contribution in [3.05, 3.63) is 6.92 Å². The molecule has 0 aromatic heterocycles. The van der Waals surface area contributed by atoms with Crippen LogP contribution in [0.2, 0.25) is 0 Å². The van der Waals surface area contributed by atoms with Gasteiger partial charge in [-0.3, -0.25) is 0 Å². The van der Waals surface area contributed by atoms with Crippen LogP contribution in [0.3, 0.4) is 0 Å². The molecule has 0 rings (SSSR count). The Balaban J connectivity index is 3.02. The minimum atomic E-state index is 0.896. The highest BCUT2D eigenvalue weighted by Gasteiger charge is 1.98. The zero-order valence-corrected chi connectivity index (χ0v) is 27.3. The monoisotopic (exact) mass is 534 g/mol. The third-order valence-corrected chi connectivity index (χ3v) is 8.78. The Hall–Kier alpha value is 0. The largest absolute Gasteiger partial charge is 0.0628 e. The second-order valence-corrected chi connectivity index (χ2v) is 13.3. The summed E-state index contributed by atoms with van der Waals surface area (Å²) in [6, 6.07) is 0. The minimum absolute atomic E-state index is 0.896. The molecule has 0 heteroatoms. The molecular formula is C38H77. The number of unbranched alkanes of at least 4 members (excludes halogenated alkanes) is 32. The topological polar surface area (TPSA) is 0 Å². The molecular weight excluding hydrogens is 456 g/mol. The van der Waals surface area contributed by atoms with E-state index in [4.69, 9.17) is 0 Å². The van der Waals surface area contributed by atoms with Crippen molar-refractivity contribution < 1.29 is 0 Å². The lowest BCUT2D eigenvalue weighted by Crippen LogP contribution is -1.87. The number of rotatable bonds is 34. The molecule has 0 nitrogen and oxygen atoms in total. The van der Waals surface area contributed by atoms with E-state index in [1.54, 1.807) is 0 Å². The fraction of sp³-hybridized carbons (Fsp3) is 0.974. The predicted molar refractivity (Wildman–Crippen MR) is 177 cm³/mol. The third kappa shape index (κ3) is 36.0. The van der Waals surface area contributed by atoms with Gasteiger partial charge in [-0.1, -0.05) is 239 Å². The van der Waals surface area contributed by atoms with Crippen molar-refractivity contribution in [1.82, 2.24) is 0 Å². The number of hydrogen-bond donors (Lipinski definition) is 0. The molecule has 0 N–H and O–H groups in total. The smallest absolute Gasteiger partial charge is 0.0471 e. The van der Waals surface area contributed by atoms with Gasteiger partial charge < -0.3 is 0 Å². The zero-order chi connectivity index (χ0) is 27.6. The average molecular weight is 534 g/mol. The molecule has 0 fully saturated rings. The summed E-state index contributed by atoms with van der Waals surface area (Å²) in [5.74, 6) is 0.896. The molecule has 0 unspecified atom stereocenters. The Morgan fingerprint density at radius 1 is 0.263 bits per heavy atom. The maximum Gasteiger partial charge on any atom is -0.0471 e. The lowest BCUT2D eigenvalue weighted by atomic mass is 10.0. The fourth-order valence-corrected chi connectivity index (χ4v) is 6.03. The van der Waals surface area contributed by atoms with Crippen LogP contribution in [0.4, 0.5) is 0 Å². The van der Waals surface area contributed by atoms with E-state index >= 15 is 0 Å². The lowest BCUT2D eigenvalue weighted by Gasteiger charge is -2.05. The van der Waals surface area contributed by atoms with E-state index in [0.717, 1.165) is 12.3 Å². The van der Waals surface area contributed by atoms with Crippen LogP contribution in [0.5, 0.6) is 0 Å². The summed E-state index contributed by atoms with van der Waals surface area (Å²) < 4.78 is 0. The zero-order valence-electron chi connectivity index (χ0n) is 27.3.